The molecule has 1 atom stereocenters. The number of hydrogen-bond acceptors (Lipinski definition) is 3. The first-order chi connectivity index (χ1) is 7.58. The maximum atomic E-state index is 8.69. The fourth-order valence-corrected chi connectivity index (χ4v) is 2.43. The molecular formula is C11H12Br2N2O. The lowest BCUT2D eigenvalue weighted by Crippen LogP contribution is -2.09. The van der Waals surface area contributed by atoms with Crippen LogP contribution in [-0.2, 0) is 0 Å². The van der Waals surface area contributed by atoms with Gasteiger partial charge in [0.05, 0.1) is 29.3 Å². The maximum absolute atomic E-state index is 8.69. The maximum Gasteiger partial charge on any atom is 0.135 e. The van der Waals surface area contributed by atoms with Crippen LogP contribution in [0.3, 0.4) is 0 Å². The van der Waals surface area contributed by atoms with Crippen LogP contribution in [-0.4, -0.2) is 13.7 Å². The van der Waals surface area contributed by atoms with Crippen molar-refractivity contribution in [3.05, 3.63) is 21.1 Å². The lowest BCUT2D eigenvalue weighted by atomic mass is 10.2. The van der Waals surface area contributed by atoms with Crippen LogP contribution in [0.1, 0.15) is 6.92 Å². The van der Waals surface area contributed by atoms with Gasteiger partial charge < -0.3 is 10.1 Å². The van der Waals surface area contributed by atoms with Gasteiger partial charge in [-0.25, -0.2) is 0 Å². The van der Waals surface area contributed by atoms with E-state index in [4.69, 9.17) is 10.00 Å². The van der Waals surface area contributed by atoms with E-state index in [2.05, 4.69) is 43.2 Å². The van der Waals surface area contributed by atoms with E-state index in [9.17, 15) is 0 Å². The molecule has 3 nitrogen and oxygen atoms in total. The molecule has 86 valence electrons. The quantitative estimate of drug-likeness (QED) is 0.901. The molecule has 0 aliphatic heterocycles. The first kappa shape index (κ1) is 13.3. The van der Waals surface area contributed by atoms with Crippen LogP contribution in [0.2, 0.25) is 0 Å². The fraction of sp³-hybridized carbons (Fsp3) is 0.364. The molecule has 0 amide bonds. The van der Waals surface area contributed by atoms with Crippen molar-refractivity contribution < 1.29 is 4.74 Å². The second-order valence-corrected chi connectivity index (χ2v) is 5.09. The highest BCUT2D eigenvalue weighted by Gasteiger charge is 2.07. The van der Waals surface area contributed by atoms with Crippen LogP contribution in [0.5, 0.6) is 5.75 Å². The summed E-state index contributed by atoms with van der Waals surface area (Å²) in [6, 6.07) is 5.98. The highest BCUT2D eigenvalue weighted by Crippen LogP contribution is 2.34. The molecule has 0 heterocycles. The molecule has 0 radical (unpaired) electrons. The smallest absolute Gasteiger partial charge is 0.135 e. The molecule has 0 spiro atoms. The van der Waals surface area contributed by atoms with Crippen LogP contribution >= 0.6 is 31.9 Å². The Kier molecular flexibility index (Phi) is 5.10. The van der Waals surface area contributed by atoms with Gasteiger partial charge in [-0.05, 0) is 44.8 Å². The van der Waals surface area contributed by atoms with Crippen LogP contribution in [0, 0.1) is 17.2 Å². The summed E-state index contributed by atoms with van der Waals surface area (Å²) in [5.41, 5.74) is 0.919. The van der Waals surface area contributed by atoms with E-state index < -0.39 is 0 Å². The largest absolute Gasteiger partial charge is 0.495 e. The monoisotopic (exact) mass is 346 g/mol. The Bertz CT molecular complexity index is 415. The molecule has 0 bridgehead atoms. The molecule has 1 rings (SSSR count). The molecule has 0 aliphatic rings. The summed E-state index contributed by atoms with van der Waals surface area (Å²) in [5, 5.41) is 11.9. The van der Waals surface area contributed by atoms with Gasteiger partial charge in [-0.3, -0.25) is 0 Å². The summed E-state index contributed by atoms with van der Waals surface area (Å²) >= 11 is 6.85. The SMILES string of the molecule is COc1cc(NCC(C)C#N)c(Br)cc1Br. The fourth-order valence-electron chi connectivity index (χ4n) is 1.13. The van der Waals surface area contributed by atoms with E-state index in [0.29, 0.717) is 6.54 Å². The Hall–Kier alpha value is -0.730. The van der Waals surface area contributed by atoms with Crippen molar-refractivity contribution in [2.24, 2.45) is 5.92 Å². The summed E-state index contributed by atoms with van der Waals surface area (Å²) in [6.45, 7) is 2.48. The van der Waals surface area contributed by atoms with Crippen molar-refractivity contribution in [3.8, 4) is 11.8 Å². The standard InChI is InChI=1S/C11H12Br2N2O/c1-7(5-14)6-15-10-4-11(16-2)9(13)3-8(10)12/h3-4,7,15H,6H2,1-2H3. The third-order valence-corrected chi connectivity index (χ3v) is 3.34. The molecule has 0 aromatic heterocycles. The second-order valence-electron chi connectivity index (χ2n) is 3.38. The Morgan fingerprint density at radius 3 is 2.69 bits per heavy atom. The minimum absolute atomic E-state index is 0.0264. The van der Waals surface area contributed by atoms with Crippen LogP contribution in [0.25, 0.3) is 0 Å². The van der Waals surface area contributed by atoms with Crippen LogP contribution in [0.15, 0.2) is 21.1 Å². The normalized spacial score (nSPS) is 11.7. The third-order valence-electron chi connectivity index (χ3n) is 2.06. The van der Waals surface area contributed by atoms with Gasteiger partial charge in [0.2, 0.25) is 0 Å². The van der Waals surface area contributed by atoms with Crippen LogP contribution in [0.4, 0.5) is 5.69 Å². The van der Waals surface area contributed by atoms with Gasteiger partial charge in [0.15, 0.2) is 0 Å². The van der Waals surface area contributed by atoms with E-state index in [1.54, 1.807) is 7.11 Å². The van der Waals surface area contributed by atoms with E-state index in [0.717, 1.165) is 20.4 Å². The second kappa shape index (κ2) is 6.12. The summed E-state index contributed by atoms with van der Waals surface area (Å²) in [7, 11) is 1.62. The molecule has 5 heteroatoms. The number of nitrogens with one attached hydrogen (secondary N) is 1. The summed E-state index contributed by atoms with van der Waals surface area (Å²) in [6.07, 6.45) is 0. The van der Waals surface area contributed by atoms with E-state index in [1.165, 1.54) is 0 Å². The van der Waals surface area contributed by atoms with Crippen molar-refractivity contribution >= 4 is 37.5 Å². The number of hydrogen-bond donors (Lipinski definition) is 1. The minimum atomic E-state index is -0.0264. The summed E-state index contributed by atoms with van der Waals surface area (Å²) in [4.78, 5) is 0. The highest BCUT2D eigenvalue weighted by molar-refractivity contribution is 9.11. The lowest BCUT2D eigenvalue weighted by Gasteiger charge is -2.12. The molecule has 0 saturated heterocycles. The van der Waals surface area contributed by atoms with Gasteiger partial charge >= 0.3 is 0 Å². The van der Waals surface area contributed by atoms with Gasteiger partial charge in [0.25, 0.3) is 0 Å². The molecule has 16 heavy (non-hydrogen) atoms. The Morgan fingerprint density at radius 2 is 2.12 bits per heavy atom. The molecule has 0 saturated carbocycles. The van der Waals surface area contributed by atoms with Gasteiger partial charge in [-0.2, -0.15) is 5.26 Å². The molecule has 0 fully saturated rings. The Labute approximate surface area is 112 Å². The first-order valence-electron chi connectivity index (χ1n) is 4.75. The summed E-state index contributed by atoms with van der Waals surface area (Å²) in [5.74, 6) is 0.733. The highest BCUT2D eigenvalue weighted by atomic mass is 79.9. The van der Waals surface area contributed by atoms with Crippen molar-refractivity contribution in [3.63, 3.8) is 0 Å². The molecule has 1 aromatic rings. The van der Waals surface area contributed by atoms with Gasteiger partial charge in [0.1, 0.15) is 5.75 Å². The predicted molar refractivity (Wildman–Crippen MR) is 71.7 cm³/mol. The van der Waals surface area contributed by atoms with Gasteiger partial charge in [-0.1, -0.05) is 0 Å². The zero-order valence-electron chi connectivity index (χ0n) is 9.05. The minimum Gasteiger partial charge on any atom is -0.495 e. The number of nitriles is 1. The van der Waals surface area contributed by atoms with Crippen molar-refractivity contribution in [1.29, 1.82) is 5.26 Å². The average Bonchev–Trinajstić information content (AvgIpc) is 2.27. The lowest BCUT2D eigenvalue weighted by molar-refractivity contribution is 0.412. The third kappa shape index (κ3) is 3.39. The number of methoxy groups -OCH3 is 1. The number of benzene rings is 1. The van der Waals surface area contributed by atoms with E-state index >= 15 is 0 Å². The zero-order valence-corrected chi connectivity index (χ0v) is 12.2. The van der Waals surface area contributed by atoms with Crippen molar-refractivity contribution in [2.75, 3.05) is 19.0 Å². The van der Waals surface area contributed by atoms with Crippen molar-refractivity contribution in [2.45, 2.75) is 6.92 Å². The van der Waals surface area contributed by atoms with Gasteiger partial charge in [-0.15, -0.1) is 0 Å². The van der Waals surface area contributed by atoms with E-state index in [-0.39, 0.29) is 5.92 Å². The van der Waals surface area contributed by atoms with Crippen LogP contribution < -0.4 is 10.1 Å². The first-order valence-corrected chi connectivity index (χ1v) is 6.33. The number of halogens is 2. The predicted octanol–water partition coefficient (Wildman–Crippen LogP) is 3.79. The number of nitrogens with zero attached hydrogens (tertiary/aromatic N) is 1. The Morgan fingerprint density at radius 1 is 1.44 bits per heavy atom. The van der Waals surface area contributed by atoms with Gasteiger partial charge in [0, 0.05) is 17.1 Å². The molecule has 1 N–H and O–H groups in total. The number of anilines is 1. The zero-order chi connectivity index (χ0) is 12.1. The topological polar surface area (TPSA) is 45.0 Å². The Balaban J connectivity index is 2.84. The number of ether oxygens (including phenoxy) is 1. The molecule has 0 aliphatic carbocycles. The molecule has 1 unspecified atom stereocenters. The van der Waals surface area contributed by atoms with Crippen molar-refractivity contribution in [1.82, 2.24) is 0 Å². The molecular weight excluding hydrogens is 336 g/mol. The number of rotatable bonds is 4. The average molecular weight is 348 g/mol. The van der Waals surface area contributed by atoms with E-state index in [1.807, 2.05) is 19.1 Å². The molecule has 1 aromatic carbocycles. The summed E-state index contributed by atoms with van der Waals surface area (Å²) < 4.78 is 7.03.